The number of aliphatic hydroxyl groups excluding tert-OH is 2. The van der Waals surface area contributed by atoms with Gasteiger partial charge >= 0.3 is 0 Å². The van der Waals surface area contributed by atoms with E-state index in [4.69, 9.17) is 5.73 Å². The minimum atomic E-state index is -2.65. The van der Waals surface area contributed by atoms with Gasteiger partial charge in [0.05, 0.1) is 11.6 Å². The largest absolute Gasteiger partial charge is 0.508 e. The Balaban J connectivity index is 1.75. The summed E-state index contributed by atoms with van der Waals surface area (Å²) in [6, 6.07) is 3.91. The average Bonchev–Trinajstić information content (AvgIpc) is 2.81. The zero-order valence-corrected chi connectivity index (χ0v) is 20.5. The number of pyridine rings is 1. The van der Waals surface area contributed by atoms with Crippen LogP contribution in [0.2, 0.25) is 0 Å². The van der Waals surface area contributed by atoms with Crippen LogP contribution < -0.4 is 5.73 Å². The molecule has 3 aliphatic rings. The van der Waals surface area contributed by atoms with Gasteiger partial charge in [-0.15, -0.1) is 0 Å². The number of aliphatic hydroxyl groups is 3. The predicted molar refractivity (Wildman–Crippen MR) is 132 cm³/mol. The summed E-state index contributed by atoms with van der Waals surface area (Å²) in [5.41, 5.74) is 4.71. The fourth-order valence-corrected chi connectivity index (χ4v) is 6.22. The Morgan fingerprint density at radius 1 is 1.16 bits per heavy atom. The Kier molecular flexibility index (Phi) is 5.50. The molecule has 2 aromatic rings. The molecular weight excluding hydrogens is 478 g/mol. The van der Waals surface area contributed by atoms with Gasteiger partial charge in [-0.05, 0) is 68.6 Å². The van der Waals surface area contributed by atoms with Gasteiger partial charge in [0.25, 0.3) is 5.91 Å². The molecule has 37 heavy (non-hydrogen) atoms. The molecule has 0 saturated heterocycles. The summed E-state index contributed by atoms with van der Waals surface area (Å²) in [5, 5.41) is 44.6. The van der Waals surface area contributed by atoms with E-state index in [-0.39, 0.29) is 29.7 Å². The molecule has 10 nitrogen and oxygen atoms in total. The van der Waals surface area contributed by atoms with Crippen molar-refractivity contribution >= 4 is 23.2 Å². The lowest BCUT2D eigenvalue weighted by atomic mass is 9.57. The van der Waals surface area contributed by atoms with E-state index in [2.05, 4.69) is 4.98 Å². The summed E-state index contributed by atoms with van der Waals surface area (Å²) in [6.07, 6.45) is 3.62. The third-order valence-electron chi connectivity index (χ3n) is 7.79. The Morgan fingerprint density at radius 3 is 2.49 bits per heavy atom. The predicted octanol–water partition coefficient (Wildman–Crippen LogP) is 1.33. The summed E-state index contributed by atoms with van der Waals surface area (Å²) < 4.78 is 0. The molecule has 0 bridgehead atoms. The molecule has 1 aromatic carbocycles. The van der Waals surface area contributed by atoms with Gasteiger partial charge in [-0.25, -0.2) is 0 Å². The second kappa shape index (κ2) is 8.25. The third kappa shape index (κ3) is 3.32. The maximum atomic E-state index is 13.9. The molecule has 1 amide bonds. The molecule has 1 saturated carbocycles. The third-order valence-corrected chi connectivity index (χ3v) is 7.79. The number of fused-ring (bicyclic) bond motifs is 3. The Morgan fingerprint density at radius 2 is 1.86 bits per heavy atom. The van der Waals surface area contributed by atoms with E-state index in [1.54, 1.807) is 32.6 Å². The van der Waals surface area contributed by atoms with Crippen LogP contribution in [0.5, 0.6) is 5.75 Å². The first-order chi connectivity index (χ1) is 17.4. The molecule has 5 rings (SSSR count). The number of carbonyl (C=O) groups excluding carboxylic acids is 3. The molecule has 0 radical (unpaired) electrons. The van der Waals surface area contributed by atoms with Crippen molar-refractivity contribution in [2.45, 2.75) is 31.4 Å². The van der Waals surface area contributed by atoms with Crippen molar-refractivity contribution in [2.75, 3.05) is 14.1 Å². The summed E-state index contributed by atoms with van der Waals surface area (Å²) >= 11 is 0. The number of nitrogens with zero attached hydrogens (tertiary/aromatic N) is 2. The van der Waals surface area contributed by atoms with E-state index in [0.29, 0.717) is 11.1 Å². The van der Waals surface area contributed by atoms with Gasteiger partial charge in [0.15, 0.2) is 11.4 Å². The van der Waals surface area contributed by atoms with Gasteiger partial charge in [0.1, 0.15) is 22.8 Å². The molecule has 10 heteroatoms. The fourth-order valence-electron chi connectivity index (χ4n) is 6.22. The highest BCUT2D eigenvalue weighted by Crippen LogP contribution is 2.53. The Hall–Kier alpha value is -4.02. The lowest BCUT2D eigenvalue weighted by molar-refractivity contribution is -0.153. The molecule has 1 aromatic heterocycles. The Labute approximate surface area is 212 Å². The molecule has 0 spiro atoms. The highest BCUT2D eigenvalue weighted by molar-refractivity contribution is 6.24. The number of carbonyl (C=O) groups is 3. The number of hydrogen-bond acceptors (Lipinski definition) is 9. The summed E-state index contributed by atoms with van der Waals surface area (Å²) in [7, 11) is 3.13. The van der Waals surface area contributed by atoms with Crippen molar-refractivity contribution in [1.82, 2.24) is 9.88 Å². The molecule has 0 unspecified atom stereocenters. The first kappa shape index (κ1) is 24.7. The number of aryl methyl sites for hydroxylation is 1. The van der Waals surface area contributed by atoms with Crippen molar-refractivity contribution in [3.8, 4) is 16.9 Å². The number of ketones is 2. The smallest absolute Gasteiger partial charge is 0.255 e. The van der Waals surface area contributed by atoms with Gasteiger partial charge in [0.2, 0.25) is 5.78 Å². The van der Waals surface area contributed by atoms with Gasteiger partial charge in [-0.3, -0.25) is 24.3 Å². The van der Waals surface area contributed by atoms with E-state index in [0.717, 1.165) is 11.1 Å². The van der Waals surface area contributed by atoms with E-state index in [9.17, 15) is 34.8 Å². The van der Waals surface area contributed by atoms with Gasteiger partial charge in [-0.1, -0.05) is 6.07 Å². The number of benzene rings is 1. The standard InChI is InChI=1S/C27H27N3O7/c1-11-6-13(10-29-9-11)14-4-5-17(31)19-15(14)7-12-8-16-21(30(2)3)23(33)20(26(28)36)25(35)27(16,37)24(34)18(12)22(19)32/h4-6,9-10,12,16,21,31-32,35,37H,7-8H2,1-3H3,(H2,28,36)/t12-,16-,21-,27-/m0/s1. The number of aromatic nitrogens is 1. The van der Waals surface area contributed by atoms with Crippen molar-refractivity contribution in [3.05, 3.63) is 64.2 Å². The monoisotopic (exact) mass is 505 g/mol. The second-order valence-electron chi connectivity index (χ2n) is 10.2. The van der Waals surface area contributed by atoms with Gasteiger partial charge in [0, 0.05) is 29.4 Å². The van der Waals surface area contributed by atoms with E-state index in [1.165, 1.54) is 11.0 Å². The SMILES string of the molecule is Cc1cncc(-c2ccc(O)c3c2C[C@H]2C[C@H]4[C@H](N(C)C)C(=O)C(C(N)=O)=C(O)[C@@]4(O)C(=O)C2=C3O)c1. The second-order valence-corrected chi connectivity index (χ2v) is 10.2. The molecule has 3 aliphatic carbocycles. The molecule has 6 N–H and O–H groups in total. The number of aromatic hydroxyl groups is 1. The van der Waals surface area contributed by atoms with E-state index in [1.807, 2.05) is 13.0 Å². The quantitative estimate of drug-likeness (QED) is 0.386. The number of rotatable bonds is 3. The molecular formula is C27H27N3O7. The van der Waals surface area contributed by atoms with Crippen LogP contribution in [0.25, 0.3) is 16.9 Å². The first-order valence-corrected chi connectivity index (χ1v) is 11.8. The highest BCUT2D eigenvalue weighted by Gasteiger charge is 2.64. The van der Waals surface area contributed by atoms with Crippen LogP contribution in [0.3, 0.4) is 0 Å². The van der Waals surface area contributed by atoms with E-state index >= 15 is 0 Å². The molecule has 4 atom stereocenters. The number of phenols is 1. The molecule has 1 fully saturated rings. The van der Waals surface area contributed by atoms with Crippen LogP contribution >= 0.6 is 0 Å². The van der Waals surface area contributed by atoms with Crippen molar-refractivity contribution < 1.29 is 34.8 Å². The fraction of sp³-hybridized carbons (Fsp3) is 0.333. The van der Waals surface area contributed by atoms with Gasteiger partial charge < -0.3 is 26.2 Å². The average molecular weight is 506 g/mol. The maximum Gasteiger partial charge on any atom is 0.255 e. The number of hydrogen-bond donors (Lipinski definition) is 5. The lowest BCUT2D eigenvalue weighted by Gasteiger charge is -2.50. The molecule has 0 aliphatic heterocycles. The van der Waals surface area contributed by atoms with Crippen molar-refractivity contribution in [2.24, 2.45) is 17.6 Å². The molecule has 192 valence electrons. The lowest BCUT2D eigenvalue weighted by Crippen LogP contribution is -2.65. The number of phenolic OH excluding ortho intramolecular Hbond substituents is 1. The van der Waals surface area contributed by atoms with Crippen LogP contribution in [-0.2, 0) is 20.8 Å². The first-order valence-electron chi connectivity index (χ1n) is 11.8. The Bertz CT molecular complexity index is 1460. The van der Waals surface area contributed by atoms with Crippen LogP contribution in [-0.4, -0.2) is 73.5 Å². The number of Topliss-reactive ketones (excluding diaryl/α,β-unsaturated/α-hetero) is 2. The maximum absolute atomic E-state index is 13.9. The van der Waals surface area contributed by atoms with Crippen LogP contribution in [0.15, 0.2) is 47.5 Å². The number of amides is 1. The summed E-state index contributed by atoms with van der Waals surface area (Å²) in [5.74, 6) is -6.72. The number of nitrogens with two attached hydrogens (primary N) is 1. The zero-order valence-electron chi connectivity index (χ0n) is 20.5. The number of primary amides is 1. The topological polar surface area (TPSA) is 174 Å². The number of likely N-dealkylation sites (N-methyl/N-ethyl adjacent to an activating group) is 1. The normalized spacial score (nSPS) is 27.2. The summed E-state index contributed by atoms with van der Waals surface area (Å²) in [4.78, 5) is 44.8. The molecule has 1 heterocycles. The zero-order chi connectivity index (χ0) is 27.0. The van der Waals surface area contributed by atoms with Crippen LogP contribution in [0, 0.1) is 18.8 Å². The van der Waals surface area contributed by atoms with Crippen molar-refractivity contribution in [1.29, 1.82) is 0 Å². The van der Waals surface area contributed by atoms with Gasteiger partial charge in [-0.2, -0.15) is 0 Å². The van der Waals surface area contributed by atoms with Crippen molar-refractivity contribution in [3.63, 3.8) is 0 Å². The minimum absolute atomic E-state index is 0.0346. The highest BCUT2D eigenvalue weighted by atomic mass is 16.3. The van der Waals surface area contributed by atoms with E-state index < -0.39 is 58.0 Å². The van der Waals surface area contributed by atoms with Crippen LogP contribution in [0.4, 0.5) is 0 Å². The summed E-state index contributed by atoms with van der Waals surface area (Å²) in [6.45, 7) is 1.89. The van der Waals surface area contributed by atoms with Crippen LogP contribution in [0.1, 0.15) is 23.1 Å². The minimum Gasteiger partial charge on any atom is -0.508 e.